The molecular weight excluding hydrogens is 336 g/mol. The number of hydrogen-bond acceptors (Lipinski definition) is 3. The van der Waals surface area contributed by atoms with E-state index >= 15 is 0 Å². The van der Waals surface area contributed by atoms with E-state index in [1.165, 1.54) is 6.07 Å². The number of rotatable bonds is 9. The SMILES string of the molecule is Cc1ccc(S(=O)(=O)NC2CC2)cc1C(=O)N[C@H](C)CCCC(C)C. The zero-order valence-corrected chi connectivity index (χ0v) is 16.4. The minimum Gasteiger partial charge on any atom is -0.350 e. The van der Waals surface area contributed by atoms with Crippen LogP contribution in [0.4, 0.5) is 0 Å². The van der Waals surface area contributed by atoms with Crippen molar-refractivity contribution in [3.8, 4) is 0 Å². The van der Waals surface area contributed by atoms with E-state index in [1.807, 2.05) is 13.8 Å². The van der Waals surface area contributed by atoms with Gasteiger partial charge in [0.1, 0.15) is 0 Å². The number of carbonyl (C=O) groups is 1. The molecule has 140 valence electrons. The second-order valence-corrected chi connectivity index (χ2v) is 9.29. The van der Waals surface area contributed by atoms with Crippen molar-refractivity contribution in [3.63, 3.8) is 0 Å². The fourth-order valence-corrected chi connectivity index (χ4v) is 4.04. The third-order valence-corrected chi connectivity index (χ3v) is 5.98. The van der Waals surface area contributed by atoms with Crippen LogP contribution in [0.2, 0.25) is 0 Å². The molecule has 2 rings (SSSR count). The summed E-state index contributed by atoms with van der Waals surface area (Å²) in [6, 6.07) is 4.85. The summed E-state index contributed by atoms with van der Waals surface area (Å²) < 4.78 is 27.4. The van der Waals surface area contributed by atoms with Crippen molar-refractivity contribution in [1.29, 1.82) is 0 Å². The van der Waals surface area contributed by atoms with Gasteiger partial charge < -0.3 is 5.32 Å². The van der Waals surface area contributed by atoms with Crippen LogP contribution in [0.25, 0.3) is 0 Å². The summed E-state index contributed by atoms with van der Waals surface area (Å²) in [4.78, 5) is 12.7. The van der Waals surface area contributed by atoms with Crippen LogP contribution in [0.3, 0.4) is 0 Å². The van der Waals surface area contributed by atoms with Crippen LogP contribution in [0, 0.1) is 12.8 Å². The fraction of sp³-hybridized carbons (Fsp3) is 0.632. The molecule has 1 aliphatic rings. The van der Waals surface area contributed by atoms with Gasteiger partial charge in [0.25, 0.3) is 5.91 Å². The molecule has 1 atom stereocenters. The number of carbonyl (C=O) groups excluding carboxylic acids is 1. The first kappa shape index (κ1) is 19.9. The molecule has 1 aromatic rings. The Bertz CT molecular complexity index is 709. The predicted molar refractivity (Wildman–Crippen MR) is 100 cm³/mol. The molecule has 0 saturated heterocycles. The molecule has 0 spiro atoms. The van der Waals surface area contributed by atoms with E-state index in [4.69, 9.17) is 0 Å². The average molecular weight is 367 g/mol. The number of amides is 1. The van der Waals surface area contributed by atoms with E-state index in [-0.39, 0.29) is 22.9 Å². The molecule has 1 aliphatic carbocycles. The highest BCUT2D eigenvalue weighted by Gasteiger charge is 2.28. The first-order valence-electron chi connectivity index (χ1n) is 9.13. The summed E-state index contributed by atoms with van der Waals surface area (Å²) in [6.45, 7) is 8.19. The molecule has 1 fully saturated rings. The normalized spacial score (nSPS) is 16.0. The molecule has 25 heavy (non-hydrogen) atoms. The summed E-state index contributed by atoms with van der Waals surface area (Å²) in [5, 5.41) is 2.99. The van der Waals surface area contributed by atoms with Crippen molar-refractivity contribution in [1.82, 2.24) is 10.0 Å². The number of hydrogen-bond donors (Lipinski definition) is 2. The molecule has 0 radical (unpaired) electrons. The number of benzene rings is 1. The number of sulfonamides is 1. The van der Waals surface area contributed by atoms with Crippen molar-refractivity contribution >= 4 is 15.9 Å². The van der Waals surface area contributed by atoms with Gasteiger partial charge in [-0.2, -0.15) is 0 Å². The van der Waals surface area contributed by atoms with E-state index < -0.39 is 10.0 Å². The molecular formula is C19H30N2O3S. The maximum absolute atomic E-state index is 12.6. The lowest BCUT2D eigenvalue weighted by molar-refractivity contribution is 0.0937. The monoisotopic (exact) mass is 366 g/mol. The zero-order chi connectivity index (χ0) is 18.6. The number of nitrogens with one attached hydrogen (secondary N) is 2. The van der Waals surface area contributed by atoms with Crippen LogP contribution in [0.5, 0.6) is 0 Å². The van der Waals surface area contributed by atoms with Crippen LogP contribution in [0.1, 0.15) is 68.8 Å². The van der Waals surface area contributed by atoms with E-state index in [0.29, 0.717) is 11.5 Å². The van der Waals surface area contributed by atoms with E-state index in [2.05, 4.69) is 23.9 Å². The molecule has 0 heterocycles. The second kappa shape index (κ2) is 8.32. The van der Waals surface area contributed by atoms with E-state index in [1.54, 1.807) is 12.1 Å². The summed E-state index contributed by atoms with van der Waals surface area (Å²) in [6.07, 6.45) is 4.89. The Balaban J connectivity index is 2.04. The standard InChI is InChI=1S/C19H30N2O3S/c1-13(2)6-5-7-15(4)20-19(22)18-12-17(11-8-14(18)3)25(23,24)21-16-9-10-16/h8,11-13,15-16,21H,5-7,9-10H2,1-4H3,(H,20,22)/t15-/m1/s1. The topological polar surface area (TPSA) is 75.3 Å². The van der Waals surface area contributed by atoms with Crippen molar-refractivity contribution in [3.05, 3.63) is 29.3 Å². The Morgan fingerprint density at radius 2 is 1.88 bits per heavy atom. The zero-order valence-electron chi connectivity index (χ0n) is 15.6. The Morgan fingerprint density at radius 3 is 2.48 bits per heavy atom. The van der Waals surface area contributed by atoms with Gasteiger partial charge in [-0.15, -0.1) is 0 Å². The molecule has 0 aromatic heterocycles. The Hall–Kier alpha value is -1.40. The van der Waals surface area contributed by atoms with Gasteiger partial charge in [0.15, 0.2) is 0 Å². The van der Waals surface area contributed by atoms with Gasteiger partial charge in [-0.1, -0.05) is 32.8 Å². The van der Waals surface area contributed by atoms with Gasteiger partial charge in [-0.25, -0.2) is 13.1 Å². The van der Waals surface area contributed by atoms with E-state index in [9.17, 15) is 13.2 Å². The third-order valence-electron chi connectivity index (χ3n) is 4.46. The van der Waals surface area contributed by atoms with Crippen LogP contribution in [0.15, 0.2) is 23.1 Å². The molecule has 0 unspecified atom stereocenters. The molecule has 1 amide bonds. The Labute approximate surface area is 151 Å². The third kappa shape index (κ3) is 6.12. The summed E-state index contributed by atoms with van der Waals surface area (Å²) in [7, 11) is -3.55. The second-order valence-electron chi connectivity index (χ2n) is 7.57. The Morgan fingerprint density at radius 1 is 1.20 bits per heavy atom. The Kier molecular flexibility index (Phi) is 6.63. The quantitative estimate of drug-likeness (QED) is 0.703. The van der Waals surface area contributed by atoms with Gasteiger partial charge >= 0.3 is 0 Å². The van der Waals surface area contributed by atoms with Crippen molar-refractivity contribution < 1.29 is 13.2 Å². The number of aryl methyl sites for hydroxylation is 1. The van der Waals surface area contributed by atoms with Crippen LogP contribution in [-0.2, 0) is 10.0 Å². The predicted octanol–water partition coefficient (Wildman–Crippen LogP) is 3.38. The first-order chi connectivity index (χ1) is 11.7. The van der Waals surface area contributed by atoms with Crippen LogP contribution < -0.4 is 10.0 Å². The van der Waals surface area contributed by atoms with E-state index in [0.717, 1.165) is 37.7 Å². The molecule has 0 bridgehead atoms. The van der Waals surface area contributed by atoms with Crippen LogP contribution >= 0.6 is 0 Å². The largest absolute Gasteiger partial charge is 0.350 e. The lowest BCUT2D eigenvalue weighted by Gasteiger charge is -2.16. The lowest BCUT2D eigenvalue weighted by atomic mass is 10.0. The minimum atomic E-state index is -3.55. The summed E-state index contributed by atoms with van der Waals surface area (Å²) >= 11 is 0. The maximum atomic E-state index is 12.6. The summed E-state index contributed by atoms with van der Waals surface area (Å²) in [5.74, 6) is 0.448. The summed E-state index contributed by atoms with van der Waals surface area (Å²) in [5.41, 5.74) is 1.20. The van der Waals surface area contributed by atoms with Gasteiger partial charge in [0.05, 0.1) is 4.90 Å². The fourth-order valence-electron chi connectivity index (χ4n) is 2.71. The highest BCUT2D eigenvalue weighted by molar-refractivity contribution is 7.89. The van der Waals surface area contributed by atoms with Gasteiger partial charge in [-0.3, -0.25) is 4.79 Å². The molecule has 1 saturated carbocycles. The van der Waals surface area contributed by atoms with Crippen molar-refractivity contribution in [2.45, 2.75) is 76.8 Å². The highest BCUT2D eigenvalue weighted by atomic mass is 32.2. The van der Waals surface area contributed by atoms with Gasteiger partial charge in [-0.05, 0) is 56.7 Å². The molecule has 1 aromatic carbocycles. The molecule has 5 nitrogen and oxygen atoms in total. The first-order valence-corrected chi connectivity index (χ1v) is 10.6. The minimum absolute atomic E-state index is 0.0459. The highest BCUT2D eigenvalue weighted by Crippen LogP contribution is 2.23. The smallest absolute Gasteiger partial charge is 0.251 e. The van der Waals surface area contributed by atoms with Crippen LogP contribution in [-0.4, -0.2) is 26.4 Å². The van der Waals surface area contributed by atoms with Gasteiger partial charge in [0, 0.05) is 17.6 Å². The lowest BCUT2D eigenvalue weighted by Crippen LogP contribution is -2.33. The molecule has 0 aliphatic heterocycles. The van der Waals surface area contributed by atoms with Crippen molar-refractivity contribution in [2.75, 3.05) is 0 Å². The van der Waals surface area contributed by atoms with Crippen molar-refractivity contribution in [2.24, 2.45) is 5.92 Å². The average Bonchev–Trinajstić information content (AvgIpc) is 3.30. The van der Waals surface area contributed by atoms with Gasteiger partial charge in [0.2, 0.25) is 10.0 Å². The maximum Gasteiger partial charge on any atom is 0.251 e. The molecule has 6 heteroatoms. The molecule has 2 N–H and O–H groups in total.